The fourth-order valence-electron chi connectivity index (χ4n) is 1.74. The van der Waals surface area contributed by atoms with E-state index in [4.69, 9.17) is 10.8 Å². The minimum absolute atomic E-state index is 0.000457. The Balaban J connectivity index is 2.67. The van der Waals surface area contributed by atoms with Gasteiger partial charge >= 0.3 is 5.97 Å². The second kappa shape index (κ2) is 4.67. The highest BCUT2D eigenvalue weighted by Crippen LogP contribution is 2.36. The number of sulfone groups is 1. The van der Waals surface area contributed by atoms with Gasteiger partial charge in [-0.3, -0.25) is 0 Å². The Labute approximate surface area is 114 Å². The van der Waals surface area contributed by atoms with Gasteiger partial charge < -0.3 is 10.8 Å². The largest absolute Gasteiger partial charge is 0.478 e. The summed E-state index contributed by atoms with van der Waals surface area (Å²) >= 11 is 0.780. The van der Waals surface area contributed by atoms with E-state index in [-0.39, 0.29) is 25.2 Å². The molecule has 0 saturated carbocycles. The minimum Gasteiger partial charge on any atom is -0.478 e. The van der Waals surface area contributed by atoms with E-state index in [1.165, 1.54) is 19.1 Å². The topological polar surface area (TPSA) is 97.5 Å². The van der Waals surface area contributed by atoms with Crippen molar-refractivity contribution in [3.63, 3.8) is 0 Å². The highest BCUT2D eigenvalue weighted by molar-refractivity contribution is 7.93. The maximum absolute atomic E-state index is 12.4. The van der Waals surface area contributed by atoms with Gasteiger partial charge in [0, 0.05) is 0 Å². The van der Waals surface area contributed by atoms with E-state index in [0.717, 1.165) is 11.3 Å². The highest BCUT2D eigenvalue weighted by atomic mass is 32.2. The molecule has 0 radical (unpaired) electrons. The van der Waals surface area contributed by atoms with Crippen LogP contribution in [0.5, 0.6) is 0 Å². The molecule has 0 saturated heterocycles. The van der Waals surface area contributed by atoms with E-state index in [2.05, 4.69) is 0 Å². The van der Waals surface area contributed by atoms with Crippen molar-refractivity contribution < 1.29 is 18.3 Å². The molecular formula is C12H11NO4S2. The first kappa shape index (κ1) is 13.6. The summed E-state index contributed by atoms with van der Waals surface area (Å²) in [6.07, 6.45) is 0. The van der Waals surface area contributed by atoms with Gasteiger partial charge in [-0.25, -0.2) is 13.2 Å². The number of carboxylic acid groups (broad SMARTS) is 1. The van der Waals surface area contributed by atoms with Gasteiger partial charge in [-0.15, -0.1) is 11.3 Å². The average molecular weight is 297 g/mol. The van der Waals surface area contributed by atoms with Crippen molar-refractivity contribution in [3.8, 4) is 0 Å². The minimum atomic E-state index is -3.73. The van der Waals surface area contributed by atoms with Crippen LogP contribution in [-0.2, 0) is 9.84 Å². The van der Waals surface area contributed by atoms with Crippen LogP contribution in [0.4, 0.5) is 5.00 Å². The van der Waals surface area contributed by atoms with E-state index in [1.807, 2.05) is 0 Å². The average Bonchev–Trinajstić information content (AvgIpc) is 2.66. The third-order valence-corrected chi connectivity index (χ3v) is 6.15. The molecular weight excluding hydrogens is 286 g/mol. The Bertz CT molecular complexity index is 733. The number of nitrogen functional groups attached to an aromatic ring is 1. The predicted octanol–water partition coefficient (Wildman–Crippen LogP) is 2.17. The van der Waals surface area contributed by atoms with Crippen LogP contribution in [0, 0.1) is 6.92 Å². The van der Waals surface area contributed by atoms with Gasteiger partial charge in [-0.05, 0) is 24.6 Å². The fourth-order valence-corrected chi connectivity index (χ4v) is 4.77. The molecule has 1 aromatic carbocycles. The standard InChI is InChI=1S/C12H11NO4S2/c1-7-9(11(14)15)10(13)18-12(7)19(16,17)8-5-3-2-4-6-8/h2-6H,13H2,1H3,(H,14,15). The molecule has 5 nitrogen and oxygen atoms in total. The van der Waals surface area contributed by atoms with E-state index in [0.29, 0.717) is 0 Å². The summed E-state index contributed by atoms with van der Waals surface area (Å²) in [5, 5.41) is 9.03. The Morgan fingerprint density at radius 3 is 2.32 bits per heavy atom. The van der Waals surface area contributed by atoms with Crippen LogP contribution in [0.25, 0.3) is 0 Å². The van der Waals surface area contributed by atoms with Gasteiger partial charge in [0.15, 0.2) is 0 Å². The van der Waals surface area contributed by atoms with E-state index in [9.17, 15) is 13.2 Å². The molecule has 0 fully saturated rings. The van der Waals surface area contributed by atoms with Crippen molar-refractivity contribution in [3.05, 3.63) is 41.5 Å². The van der Waals surface area contributed by atoms with Crippen LogP contribution in [0.3, 0.4) is 0 Å². The Hall–Kier alpha value is -1.86. The summed E-state index contributed by atoms with van der Waals surface area (Å²) in [6, 6.07) is 7.85. The van der Waals surface area contributed by atoms with Gasteiger partial charge in [0.2, 0.25) is 9.84 Å². The van der Waals surface area contributed by atoms with Crippen molar-refractivity contribution >= 4 is 32.1 Å². The van der Waals surface area contributed by atoms with E-state index >= 15 is 0 Å². The van der Waals surface area contributed by atoms with Crippen LogP contribution >= 0.6 is 11.3 Å². The number of thiophene rings is 1. The SMILES string of the molecule is Cc1c(S(=O)(=O)c2ccccc2)sc(N)c1C(=O)O. The molecule has 0 amide bonds. The maximum atomic E-state index is 12.4. The van der Waals surface area contributed by atoms with Crippen LogP contribution in [-0.4, -0.2) is 19.5 Å². The van der Waals surface area contributed by atoms with E-state index < -0.39 is 15.8 Å². The molecule has 1 heterocycles. The first-order valence-electron chi connectivity index (χ1n) is 5.28. The molecule has 0 bridgehead atoms. The van der Waals surface area contributed by atoms with Crippen LogP contribution in [0.2, 0.25) is 0 Å². The third-order valence-electron chi connectivity index (χ3n) is 2.64. The smallest absolute Gasteiger partial charge is 0.339 e. The predicted molar refractivity (Wildman–Crippen MR) is 72.3 cm³/mol. The zero-order chi connectivity index (χ0) is 14.2. The van der Waals surface area contributed by atoms with Crippen molar-refractivity contribution in [2.45, 2.75) is 16.0 Å². The third kappa shape index (κ3) is 2.22. The number of carboxylic acids is 1. The molecule has 0 aliphatic carbocycles. The molecule has 0 spiro atoms. The summed E-state index contributed by atoms with van der Waals surface area (Å²) < 4.78 is 24.8. The normalized spacial score (nSPS) is 11.4. The quantitative estimate of drug-likeness (QED) is 0.904. The van der Waals surface area contributed by atoms with Gasteiger partial charge in [0.1, 0.15) is 9.21 Å². The monoisotopic (exact) mass is 297 g/mol. The van der Waals surface area contributed by atoms with Crippen LogP contribution < -0.4 is 5.73 Å². The number of anilines is 1. The van der Waals surface area contributed by atoms with Crippen molar-refractivity contribution in [1.29, 1.82) is 0 Å². The first-order chi connectivity index (χ1) is 8.85. The number of carbonyl (C=O) groups is 1. The van der Waals surface area contributed by atoms with Gasteiger partial charge in [-0.1, -0.05) is 18.2 Å². The molecule has 0 unspecified atom stereocenters. The Morgan fingerprint density at radius 1 is 1.26 bits per heavy atom. The van der Waals surface area contributed by atoms with Crippen LogP contribution in [0.15, 0.2) is 39.4 Å². The molecule has 2 aromatic rings. The molecule has 100 valence electrons. The molecule has 0 aliphatic rings. The molecule has 2 rings (SSSR count). The van der Waals surface area contributed by atoms with Gasteiger partial charge in [0.05, 0.1) is 10.5 Å². The molecule has 0 aliphatic heterocycles. The summed E-state index contributed by atoms with van der Waals surface area (Å²) in [7, 11) is -3.73. The lowest BCUT2D eigenvalue weighted by Crippen LogP contribution is -2.04. The number of rotatable bonds is 3. The zero-order valence-electron chi connectivity index (χ0n) is 9.95. The molecule has 3 N–H and O–H groups in total. The van der Waals surface area contributed by atoms with Crippen molar-refractivity contribution in [1.82, 2.24) is 0 Å². The van der Waals surface area contributed by atoms with Gasteiger partial charge in [-0.2, -0.15) is 0 Å². The lowest BCUT2D eigenvalue weighted by molar-refractivity contribution is 0.0697. The van der Waals surface area contributed by atoms with E-state index in [1.54, 1.807) is 18.2 Å². The van der Waals surface area contributed by atoms with Crippen molar-refractivity contribution in [2.75, 3.05) is 5.73 Å². The molecule has 0 atom stereocenters. The fraction of sp³-hybridized carbons (Fsp3) is 0.0833. The molecule has 1 aromatic heterocycles. The number of aromatic carboxylic acids is 1. The second-order valence-electron chi connectivity index (χ2n) is 3.88. The number of hydrogen-bond acceptors (Lipinski definition) is 5. The highest BCUT2D eigenvalue weighted by Gasteiger charge is 2.28. The number of nitrogens with two attached hydrogens (primary N) is 1. The van der Waals surface area contributed by atoms with Crippen molar-refractivity contribution in [2.24, 2.45) is 0 Å². The van der Waals surface area contributed by atoms with Gasteiger partial charge in [0.25, 0.3) is 0 Å². The molecule has 19 heavy (non-hydrogen) atoms. The number of benzene rings is 1. The Kier molecular flexibility index (Phi) is 3.34. The summed E-state index contributed by atoms with van der Waals surface area (Å²) in [4.78, 5) is 11.2. The zero-order valence-corrected chi connectivity index (χ0v) is 11.6. The van der Waals surface area contributed by atoms with Crippen LogP contribution in [0.1, 0.15) is 15.9 Å². The lowest BCUT2D eigenvalue weighted by atomic mass is 10.2. The summed E-state index contributed by atoms with van der Waals surface area (Å²) in [6.45, 7) is 1.45. The molecule has 7 heteroatoms. The number of hydrogen-bond donors (Lipinski definition) is 2. The lowest BCUT2D eigenvalue weighted by Gasteiger charge is -2.03. The maximum Gasteiger partial charge on any atom is 0.339 e. The Morgan fingerprint density at radius 2 is 1.84 bits per heavy atom. The summed E-state index contributed by atoms with van der Waals surface area (Å²) in [5.41, 5.74) is 5.63. The summed E-state index contributed by atoms with van der Waals surface area (Å²) in [5.74, 6) is -1.22. The first-order valence-corrected chi connectivity index (χ1v) is 7.58. The second-order valence-corrected chi connectivity index (χ2v) is 7.07.